The zero-order valence-corrected chi connectivity index (χ0v) is 10.9. The molecule has 0 radical (unpaired) electrons. The first-order chi connectivity index (χ1) is 8.29. The molecule has 2 N–H and O–H groups in total. The predicted molar refractivity (Wildman–Crippen MR) is 70.6 cm³/mol. The van der Waals surface area contributed by atoms with Crippen LogP contribution in [0.2, 0.25) is 0 Å². The van der Waals surface area contributed by atoms with Crippen LogP contribution in [0.1, 0.15) is 11.1 Å². The fourth-order valence-electron chi connectivity index (χ4n) is 1.49. The highest BCUT2D eigenvalue weighted by Crippen LogP contribution is 2.23. The van der Waals surface area contributed by atoms with Gasteiger partial charge < -0.3 is 10.5 Å². The van der Waals surface area contributed by atoms with Crippen LogP contribution in [0.25, 0.3) is 0 Å². The van der Waals surface area contributed by atoms with Crippen LogP contribution in [0.4, 0.5) is 0 Å². The fraction of sp³-hybridized carbons (Fsp3) is 0.154. The van der Waals surface area contributed by atoms with Gasteiger partial charge in [-0.3, -0.25) is 4.98 Å². The minimum absolute atomic E-state index is 0.460. The van der Waals surface area contributed by atoms with Gasteiger partial charge in [-0.25, -0.2) is 0 Å². The second-order valence-corrected chi connectivity index (χ2v) is 4.52. The van der Waals surface area contributed by atoms with Crippen molar-refractivity contribution in [1.82, 2.24) is 4.98 Å². The average Bonchev–Trinajstić information content (AvgIpc) is 2.38. The summed E-state index contributed by atoms with van der Waals surface area (Å²) in [5, 5.41) is 0. The summed E-state index contributed by atoms with van der Waals surface area (Å²) < 4.78 is 6.73. The Hall–Kier alpha value is -1.39. The lowest BCUT2D eigenvalue weighted by atomic mass is 10.2. The molecule has 1 aromatic carbocycles. The molecule has 17 heavy (non-hydrogen) atoms. The highest BCUT2D eigenvalue weighted by molar-refractivity contribution is 9.10. The molecule has 88 valence electrons. The number of hydrogen-bond acceptors (Lipinski definition) is 3. The van der Waals surface area contributed by atoms with Crippen molar-refractivity contribution in [3.63, 3.8) is 0 Å². The molecule has 3 nitrogen and oxygen atoms in total. The summed E-state index contributed by atoms with van der Waals surface area (Å²) in [5.74, 6) is 0.819. The molecule has 0 fully saturated rings. The maximum absolute atomic E-state index is 5.73. The molecule has 0 atom stereocenters. The van der Waals surface area contributed by atoms with Gasteiger partial charge >= 0.3 is 0 Å². The van der Waals surface area contributed by atoms with Gasteiger partial charge in [0.2, 0.25) is 0 Å². The number of aromatic nitrogens is 1. The normalized spacial score (nSPS) is 10.2. The molecule has 0 spiro atoms. The van der Waals surface area contributed by atoms with E-state index in [2.05, 4.69) is 20.9 Å². The molecule has 4 heteroatoms. The van der Waals surface area contributed by atoms with Gasteiger partial charge in [-0.05, 0) is 24.3 Å². The first kappa shape index (κ1) is 12.1. The van der Waals surface area contributed by atoms with E-state index in [4.69, 9.17) is 10.5 Å². The van der Waals surface area contributed by atoms with Crippen LogP contribution < -0.4 is 10.5 Å². The highest BCUT2D eigenvalue weighted by atomic mass is 79.9. The van der Waals surface area contributed by atoms with Gasteiger partial charge in [-0.15, -0.1) is 0 Å². The standard InChI is InChI=1S/C13H13BrN2O/c14-12-3-4-13(11(6-12)7-15)17-9-10-2-1-5-16-8-10/h1-6,8H,7,9,15H2. The molecule has 0 unspecified atom stereocenters. The van der Waals surface area contributed by atoms with Crippen molar-refractivity contribution in [2.45, 2.75) is 13.2 Å². The SMILES string of the molecule is NCc1cc(Br)ccc1OCc1cccnc1. The number of hydrogen-bond donors (Lipinski definition) is 1. The maximum Gasteiger partial charge on any atom is 0.124 e. The molecule has 0 bridgehead atoms. The van der Waals surface area contributed by atoms with Crippen LogP contribution in [0, 0.1) is 0 Å². The summed E-state index contributed by atoms with van der Waals surface area (Å²) in [5.41, 5.74) is 7.70. The van der Waals surface area contributed by atoms with Gasteiger partial charge in [0, 0.05) is 34.5 Å². The molecule has 2 rings (SSSR count). The predicted octanol–water partition coefficient (Wildman–Crippen LogP) is 2.88. The number of benzene rings is 1. The van der Waals surface area contributed by atoms with E-state index in [1.54, 1.807) is 12.4 Å². The number of nitrogens with zero attached hydrogens (tertiary/aromatic N) is 1. The Balaban J connectivity index is 2.09. The average molecular weight is 293 g/mol. The molecule has 0 aliphatic carbocycles. The first-order valence-corrected chi connectivity index (χ1v) is 6.09. The van der Waals surface area contributed by atoms with Crippen molar-refractivity contribution in [2.24, 2.45) is 5.73 Å². The summed E-state index contributed by atoms with van der Waals surface area (Å²) >= 11 is 3.41. The molecule has 1 heterocycles. The summed E-state index contributed by atoms with van der Waals surface area (Å²) in [6, 6.07) is 9.71. The Bertz CT molecular complexity index is 488. The first-order valence-electron chi connectivity index (χ1n) is 5.30. The molecule has 1 aromatic heterocycles. The van der Waals surface area contributed by atoms with Crippen molar-refractivity contribution in [2.75, 3.05) is 0 Å². The highest BCUT2D eigenvalue weighted by Gasteiger charge is 2.03. The molecule has 0 amide bonds. The van der Waals surface area contributed by atoms with Crippen molar-refractivity contribution < 1.29 is 4.74 Å². The van der Waals surface area contributed by atoms with Gasteiger partial charge in [-0.1, -0.05) is 22.0 Å². The maximum atomic E-state index is 5.73. The molecular weight excluding hydrogens is 280 g/mol. The van der Waals surface area contributed by atoms with Gasteiger partial charge in [0.25, 0.3) is 0 Å². The second kappa shape index (κ2) is 5.80. The van der Waals surface area contributed by atoms with Crippen molar-refractivity contribution in [1.29, 1.82) is 0 Å². The Morgan fingerprint density at radius 3 is 2.88 bits per heavy atom. The van der Waals surface area contributed by atoms with Crippen LogP contribution >= 0.6 is 15.9 Å². The smallest absolute Gasteiger partial charge is 0.124 e. The van der Waals surface area contributed by atoms with Crippen LogP contribution in [0.15, 0.2) is 47.2 Å². The summed E-state index contributed by atoms with van der Waals surface area (Å²) in [6.07, 6.45) is 3.54. The van der Waals surface area contributed by atoms with Crippen LogP contribution in [-0.2, 0) is 13.2 Å². The fourth-order valence-corrected chi connectivity index (χ4v) is 1.90. The van der Waals surface area contributed by atoms with Gasteiger partial charge in [0.15, 0.2) is 0 Å². The van der Waals surface area contributed by atoms with Crippen LogP contribution in [-0.4, -0.2) is 4.98 Å². The number of nitrogens with two attached hydrogens (primary N) is 1. The summed E-state index contributed by atoms with van der Waals surface area (Å²) in [6.45, 7) is 0.963. The third-order valence-corrected chi connectivity index (χ3v) is 2.85. The topological polar surface area (TPSA) is 48.1 Å². The Labute approximate surface area is 109 Å². The largest absolute Gasteiger partial charge is 0.489 e. The Morgan fingerprint density at radius 2 is 2.18 bits per heavy atom. The molecule has 0 aliphatic heterocycles. The van der Waals surface area contributed by atoms with E-state index < -0.39 is 0 Å². The molecule has 0 saturated carbocycles. The quantitative estimate of drug-likeness (QED) is 0.943. The zero-order valence-electron chi connectivity index (χ0n) is 9.27. The number of halogens is 1. The molecule has 0 aliphatic rings. The lowest BCUT2D eigenvalue weighted by Crippen LogP contribution is -2.02. The summed E-state index contributed by atoms with van der Waals surface area (Å²) in [4.78, 5) is 4.04. The van der Waals surface area contributed by atoms with E-state index in [0.717, 1.165) is 21.3 Å². The monoisotopic (exact) mass is 292 g/mol. The van der Waals surface area contributed by atoms with Crippen LogP contribution in [0.3, 0.4) is 0 Å². The zero-order chi connectivity index (χ0) is 12.1. The Morgan fingerprint density at radius 1 is 1.29 bits per heavy atom. The van der Waals surface area contributed by atoms with Gasteiger partial charge in [-0.2, -0.15) is 0 Å². The van der Waals surface area contributed by atoms with Gasteiger partial charge in [0.05, 0.1) is 0 Å². The van der Waals surface area contributed by atoms with E-state index in [1.807, 2.05) is 30.3 Å². The van der Waals surface area contributed by atoms with E-state index in [0.29, 0.717) is 13.2 Å². The Kier molecular flexibility index (Phi) is 4.12. The van der Waals surface area contributed by atoms with E-state index in [-0.39, 0.29) is 0 Å². The van der Waals surface area contributed by atoms with E-state index >= 15 is 0 Å². The molecule has 0 saturated heterocycles. The van der Waals surface area contributed by atoms with Crippen molar-refractivity contribution in [3.05, 3.63) is 58.3 Å². The van der Waals surface area contributed by atoms with Gasteiger partial charge in [0.1, 0.15) is 12.4 Å². The van der Waals surface area contributed by atoms with Crippen molar-refractivity contribution >= 4 is 15.9 Å². The number of ether oxygens (including phenoxy) is 1. The van der Waals surface area contributed by atoms with Crippen molar-refractivity contribution in [3.8, 4) is 5.75 Å². The lowest BCUT2D eigenvalue weighted by Gasteiger charge is -2.10. The minimum Gasteiger partial charge on any atom is -0.489 e. The van der Waals surface area contributed by atoms with E-state index in [9.17, 15) is 0 Å². The van der Waals surface area contributed by atoms with Crippen LogP contribution in [0.5, 0.6) is 5.75 Å². The number of rotatable bonds is 4. The number of pyridine rings is 1. The van der Waals surface area contributed by atoms with E-state index in [1.165, 1.54) is 0 Å². The third-order valence-electron chi connectivity index (χ3n) is 2.36. The summed E-state index contributed by atoms with van der Waals surface area (Å²) in [7, 11) is 0. The second-order valence-electron chi connectivity index (χ2n) is 3.61. The molecule has 2 aromatic rings. The minimum atomic E-state index is 0.460. The third kappa shape index (κ3) is 3.28. The lowest BCUT2D eigenvalue weighted by molar-refractivity contribution is 0.302. The molecular formula is C13H13BrN2O.